The van der Waals surface area contributed by atoms with Gasteiger partial charge in [-0.2, -0.15) is 0 Å². The lowest BCUT2D eigenvalue weighted by molar-refractivity contribution is 0.0690. The van der Waals surface area contributed by atoms with Gasteiger partial charge in [-0.1, -0.05) is 11.6 Å². The van der Waals surface area contributed by atoms with E-state index in [9.17, 15) is 4.79 Å². The van der Waals surface area contributed by atoms with E-state index in [1.807, 2.05) is 13.0 Å². The summed E-state index contributed by atoms with van der Waals surface area (Å²) in [4.78, 5) is 14.9. The van der Waals surface area contributed by atoms with Gasteiger partial charge < -0.3 is 5.11 Å². The molecule has 0 unspecified atom stereocenters. The summed E-state index contributed by atoms with van der Waals surface area (Å²) in [5.74, 6) is -0.607. The van der Waals surface area contributed by atoms with Gasteiger partial charge in [0.05, 0.1) is 5.02 Å². The van der Waals surface area contributed by atoms with Crippen molar-refractivity contribution in [2.24, 2.45) is 0 Å². The summed E-state index contributed by atoms with van der Waals surface area (Å²) < 4.78 is 0. The summed E-state index contributed by atoms with van der Waals surface area (Å²) in [6, 6.07) is 1.88. The smallest absolute Gasteiger partial charge is 0.356 e. The molecule has 0 amide bonds. The number of aromatic nitrogens is 1. The number of nitrogens with zero attached hydrogens (tertiary/aromatic N) is 1. The summed E-state index contributed by atoms with van der Waals surface area (Å²) in [5, 5.41) is 9.12. The minimum absolute atomic E-state index is 0.0198. The van der Waals surface area contributed by atoms with Gasteiger partial charge in [-0.25, -0.2) is 9.78 Å². The highest BCUT2D eigenvalue weighted by atomic mass is 35.5. The number of rotatable bonds is 2. The Kier molecular flexibility index (Phi) is 2.19. The number of carbonyl (C=O) groups is 1. The number of halogens is 1. The van der Waals surface area contributed by atoms with Crippen LogP contribution < -0.4 is 0 Å². The topological polar surface area (TPSA) is 50.2 Å². The molecule has 1 aromatic rings. The third-order valence-electron chi connectivity index (χ3n) is 2.36. The number of aromatic carboxylic acids is 1. The Morgan fingerprint density at radius 3 is 2.79 bits per heavy atom. The summed E-state index contributed by atoms with van der Waals surface area (Å²) in [5.41, 5.74) is 1.64. The van der Waals surface area contributed by atoms with Gasteiger partial charge in [0.15, 0.2) is 5.69 Å². The first-order valence-corrected chi connectivity index (χ1v) is 4.87. The zero-order valence-corrected chi connectivity index (χ0v) is 8.51. The number of carboxylic acids is 1. The van der Waals surface area contributed by atoms with Crippen molar-refractivity contribution in [3.8, 4) is 0 Å². The van der Waals surface area contributed by atoms with Crippen LogP contribution in [0.4, 0.5) is 0 Å². The van der Waals surface area contributed by atoms with Crippen LogP contribution in [0, 0.1) is 6.92 Å². The van der Waals surface area contributed by atoms with Crippen LogP contribution in [0.3, 0.4) is 0 Å². The fourth-order valence-electron chi connectivity index (χ4n) is 1.41. The first kappa shape index (κ1) is 9.46. The molecule has 1 aliphatic carbocycles. The van der Waals surface area contributed by atoms with Crippen LogP contribution in [0.5, 0.6) is 0 Å². The van der Waals surface area contributed by atoms with Crippen molar-refractivity contribution in [1.29, 1.82) is 0 Å². The highest BCUT2D eigenvalue weighted by Crippen LogP contribution is 2.40. The van der Waals surface area contributed by atoms with Crippen molar-refractivity contribution in [3.05, 3.63) is 28.0 Å². The Labute approximate surface area is 86.7 Å². The Hall–Kier alpha value is -1.09. The fourth-order valence-corrected chi connectivity index (χ4v) is 1.59. The van der Waals surface area contributed by atoms with E-state index in [0.29, 0.717) is 5.92 Å². The second kappa shape index (κ2) is 3.24. The van der Waals surface area contributed by atoms with E-state index < -0.39 is 5.97 Å². The van der Waals surface area contributed by atoms with E-state index >= 15 is 0 Å². The molecule has 1 aliphatic rings. The van der Waals surface area contributed by atoms with E-state index in [2.05, 4.69) is 4.98 Å². The number of carboxylic acid groups (broad SMARTS) is 1. The number of hydrogen-bond acceptors (Lipinski definition) is 2. The molecule has 1 aromatic heterocycles. The van der Waals surface area contributed by atoms with Crippen molar-refractivity contribution in [1.82, 2.24) is 4.98 Å². The molecular weight excluding hydrogens is 202 g/mol. The molecule has 0 saturated heterocycles. The van der Waals surface area contributed by atoms with Crippen molar-refractivity contribution >= 4 is 17.6 Å². The third kappa shape index (κ3) is 1.60. The molecule has 1 N–H and O–H groups in total. The lowest BCUT2D eigenvalue weighted by atomic mass is 10.1. The predicted octanol–water partition coefficient (Wildman–Crippen LogP) is 2.62. The largest absolute Gasteiger partial charge is 0.476 e. The minimum Gasteiger partial charge on any atom is -0.476 e. The van der Waals surface area contributed by atoms with E-state index in [-0.39, 0.29) is 10.7 Å². The second-order valence-corrected chi connectivity index (χ2v) is 3.98. The van der Waals surface area contributed by atoms with Crippen LogP contribution in [-0.4, -0.2) is 16.1 Å². The Morgan fingerprint density at radius 2 is 2.29 bits per heavy atom. The minimum atomic E-state index is -1.06. The molecule has 0 atom stereocenters. The number of hydrogen-bond donors (Lipinski definition) is 1. The number of pyridine rings is 1. The first-order chi connectivity index (χ1) is 6.59. The fraction of sp³-hybridized carbons (Fsp3) is 0.400. The quantitative estimate of drug-likeness (QED) is 0.818. The molecule has 1 saturated carbocycles. The van der Waals surface area contributed by atoms with Gasteiger partial charge in [-0.3, -0.25) is 0 Å². The van der Waals surface area contributed by atoms with Crippen molar-refractivity contribution in [2.45, 2.75) is 25.7 Å². The average Bonchev–Trinajstić information content (AvgIpc) is 2.91. The maximum absolute atomic E-state index is 10.8. The molecule has 74 valence electrons. The predicted molar refractivity (Wildman–Crippen MR) is 52.9 cm³/mol. The second-order valence-electron chi connectivity index (χ2n) is 3.61. The van der Waals surface area contributed by atoms with Crippen molar-refractivity contribution in [2.75, 3.05) is 0 Å². The standard InChI is InChI=1S/C10H10ClNO2/c1-5-4-7(6-2-3-6)12-9(8(5)11)10(13)14/h4,6H,2-3H2,1H3,(H,13,14). The summed E-state index contributed by atoms with van der Waals surface area (Å²) in [6.45, 7) is 1.81. The van der Waals surface area contributed by atoms with Gasteiger partial charge in [0.2, 0.25) is 0 Å². The van der Waals surface area contributed by atoms with Gasteiger partial charge in [0.1, 0.15) is 0 Å². The maximum Gasteiger partial charge on any atom is 0.356 e. The molecule has 0 bridgehead atoms. The molecule has 0 aromatic carbocycles. The number of aryl methyl sites for hydroxylation is 1. The van der Waals surface area contributed by atoms with Crippen molar-refractivity contribution in [3.63, 3.8) is 0 Å². The van der Waals surface area contributed by atoms with Crippen LogP contribution in [0.15, 0.2) is 6.07 Å². The molecule has 4 heteroatoms. The van der Waals surface area contributed by atoms with Crippen LogP contribution in [0.1, 0.15) is 40.5 Å². The van der Waals surface area contributed by atoms with E-state index in [1.165, 1.54) is 0 Å². The SMILES string of the molecule is Cc1cc(C2CC2)nc(C(=O)O)c1Cl. The van der Waals surface area contributed by atoms with Crippen LogP contribution in [-0.2, 0) is 0 Å². The molecule has 1 fully saturated rings. The first-order valence-electron chi connectivity index (χ1n) is 4.50. The molecule has 0 spiro atoms. The highest BCUT2D eigenvalue weighted by Gasteiger charge is 2.27. The van der Waals surface area contributed by atoms with Crippen molar-refractivity contribution < 1.29 is 9.90 Å². The molecule has 0 radical (unpaired) electrons. The Morgan fingerprint density at radius 1 is 1.64 bits per heavy atom. The zero-order chi connectivity index (χ0) is 10.3. The van der Waals surface area contributed by atoms with Gasteiger partial charge in [0, 0.05) is 11.6 Å². The molecule has 14 heavy (non-hydrogen) atoms. The van der Waals surface area contributed by atoms with E-state index in [0.717, 1.165) is 24.1 Å². The van der Waals surface area contributed by atoms with E-state index in [4.69, 9.17) is 16.7 Å². The molecule has 0 aliphatic heterocycles. The van der Waals surface area contributed by atoms with Crippen LogP contribution >= 0.6 is 11.6 Å². The summed E-state index contributed by atoms with van der Waals surface area (Å²) in [7, 11) is 0. The van der Waals surface area contributed by atoms with Crippen LogP contribution in [0.2, 0.25) is 5.02 Å². The molecule has 2 rings (SSSR count). The van der Waals surface area contributed by atoms with Gasteiger partial charge >= 0.3 is 5.97 Å². The summed E-state index contributed by atoms with van der Waals surface area (Å²) >= 11 is 5.84. The maximum atomic E-state index is 10.8. The van der Waals surface area contributed by atoms with Gasteiger partial charge in [-0.05, 0) is 31.4 Å². The van der Waals surface area contributed by atoms with Gasteiger partial charge in [0.25, 0.3) is 0 Å². The van der Waals surface area contributed by atoms with E-state index in [1.54, 1.807) is 0 Å². The molecular formula is C10H10ClNO2. The molecule has 3 nitrogen and oxygen atoms in total. The monoisotopic (exact) mass is 211 g/mol. The Balaban J connectivity index is 2.51. The zero-order valence-electron chi connectivity index (χ0n) is 7.75. The summed E-state index contributed by atoms with van der Waals surface area (Å²) in [6.07, 6.45) is 2.21. The third-order valence-corrected chi connectivity index (χ3v) is 2.83. The normalized spacial score (nSPS) is 15.6. The molecule has 1 heterocycles. The van der Waals surface area contributed by atoms with Gasteiger partial charge in [-0.15, -0.1) is 0 Å². The average molecular weight is 212 g/mol. The Bertz CT molecular complexity index is 399. The highest BCUT2D eigenvalue weighted by molar-refractivity contribution is 6.33. The van der Waals surface area contributed by atoms with Crippen LogP contribution in [0.25, 0.3) is 0 Å². The lowest BCUT2D eigenvalue weighted by Crippen LogP contribution is -2.05. The lowest BCUT2D eigenvalue weighted by Gasteiger charge is -2.05.